The molecule has 3 N–H and O–H groups in total. The second-order valence-corrected chi connectivity index (χ2v) is 11.1. The molecule has 1 aliphatic heterocycles. The Labute approximate surface area is 203 Å². The number of nitrogen functional groups attached to an aromatic ring is 1. The monoisotopic (exact) mass is 472 g/mol. The number of carbonyl (C=O) groups is 1. The van der Waals surface area contributed by atoms with Crippen molar-refractivity contribution in [2.24, 2.45) is 11.8 Å². The van der Waals surface area contributed by atoms with E-state index in [1.807, 2.05) is 6.92 Å². The molecular weight excluding hydrogens is 444 g/mol. The van der Waals surface area contributed by atoms with Gasteiger partial charge in [-0.3, -0.25) is 4.79 Å². The summed E-state index contributed by atoms with van der Waals surface area (Å²) in [4.78, 5) is 25.5. The molecule has 7 nitrogen and oxygen atoms in total. The van der Waals surface area contributed by atoms with Crippen molar-refractivity contribution in [3.8, 4) is 6.07 Å². The van der Waals surface area contributed by atoms with Gasteiger partial charge in [0.1, 0.15) is 21.3 Å². The number of nitrogens with one attached hydrogen (secondary N) is 1. The number of benzene rings is 1. The molecule has 3 heterocycles. The van der Waals surface area contributed by atoms with Gasteiger partial charge in [0, 0.05) is 25.3 Å². The summed E-state index contributed by atoms with van der Waals surface area (Å²) in [6, 6.07) is 6.84. The first kappa shape index (κ1) is 21.4. The maximum absolute atomic E-state index is 13.1. The Hall–Kier alpha value is -3.18. The van der Waals surface area contributed by atoms with E-state index in [0.29, 0.717) is 20.9 Å². The second kappa shape index (κ2) is 8.24. The third kappa shape index (κ3) is 3.59. The molecule has 1 amide bonds. The molecular formula is C26H28N6OS. The minimum absolute atomic E-state index is 0.00971. The molecule has 3 aromatic rings. The van der Waals surface area contributed by atoms with Crippen LogP contribution in [-0.2, 0) is 12.8 Å². The van der Waals surface area contributed by atoms with Crippen LogP contribution in [0.25, 0.3) is 10.3 Å². The number of fused-ring (bicyclic) bond motifs is 4. The maximum atomic E-state index is 13.1. The summed E-state index contributed by atoms with van der Waals surface area (Å²) >= 11 is 1.29. The second-order valence-electron chi connectivity index (χ2n) is 10.1. The summed E-state index contributed by atoms with van der Waals surface area (Å²) in [5.74, 6) is 1.38. The minimum atomic E-state index is -0.172. The van der Waals surface area contributed by atoms with Crippen LogP contribution in [0.15, 0.2) is 18.3 Å². The van der Waals surface area contributed by atoms with Crippen LogP contribution in [0.3, 0.4) is 0 Å². The molecule has 34 heavy (non-hydrogen) atoms. The van der Waals surface area contributed by atoms with Crippen molar-refractivity contribution in [3.63, 3.8) is 0 Å². The van der Waals surface area contributed by atoms with Gasteiger partial charge in [-0.1, -0.05) is 6.07 Å². The summed E-state index contributed by atoms with van der Waals surface area (Å²) in [6.45, 7) is 4.02. The van der Waals surface area contributed by atoms with E-state index in [2.05, 4.69) is 38.4 Å². The first-order chi connectivity index (χ1) is 16.5. The number of thiophene rings is 1. The SMILES string of the molecule is Cc1cnc2c(N)c(C(=O)N[C@H]3CCc4c(ccc(N5CC6CCC(C6)C5)c4C#N)C3)sc2n1. The van der Waals surface area contributed by atoms with Crippen molar-refractivity contribution in [2.45, 2.75) is 51.5 Å². The fourth-order valence-corrected chi connectivity index (χ4v) is 7.15. The largest absolute Gasteiger partial charge is 0.396 e. The van der Waals surface area contributed by atoms with Crippen molar-refractivity contribution < 1.29 is 4.79 Å². The number of rotatable bonds is 3. The van der Waals surface area contributed by atoms with Crippen LogP contribution >= 0.6 is 11.3 Å². The van der Waals surface area contributed by atoms with E-state index >= 15 is 0 Å². The lowest BCUT2D eigenvalue weighted by atomic mass is 9.84. The Kier molecular flexibility index (Phi) is 5.18. The van der Waals surface area contributed by atoms with Crippen molar-refractivity contribution in [2.75, 3.05) is 23.7 Å². The molecule has 174 valence electrons. The molecule has 2 aromatic heterocycles. The first-order valence-electron chi connectivity index (χ1n) is 12.1. The zero-order valence-corrected chi connectivity index (χ0v) is 20.1. The highest BCUT2D eigenvalue weighted by atomic mass is 32.1. The quantitative estimate of drug-likeness (QED) is 0.597. The van der Waals surface area contributed by atoms with Crippen LogP contribution in [0, 0.1) is 30.1 Å². The summed E-state index contributed by atoms with van der Waals surface area (Å²) in [5, 5.41) is 13.2. The minimum Gasteiger partial charge on any atom is -0.396 e. The number of hydrogen-bond acceptors (Lipinski definition) is 7. The van der Waals surface area contributed by atoms with Gasteiger partial charge in [0.25, 0.3) is 5.91 Å². The highest BCUT2D eigenvalue weighted by Gasteiger charge is 2.34. The predicted molar refractivity (Wildman–Crippen MR) is 134 cm³/mol. The van der Waals surface area contributed by atoms with Gasteiger partial charge in [-0.2, -0.15) is 5.26 Å². The molecule has 2 fully saturated rings. The molecule has 8 heteroatoms. The molecule has 1 saturated carbocycles. The Balaban J connectivity index is 1.21. The van der Waals surface area contributed by atoms with Crippen LogP contribution < -0.4 is 16.0 Å². The molecule has 1 saturated heterocycles. The molecule has 1 aromatic carbocycles. The van der Waals surface area contributed by atoms with Gasteiger partial charge in [0.15, 0.2) is 0 Å². The van der Waals surface area contributed by atoms with E-state index in [-0.39, 0.29) is 11.9 Å². The highest BCUT2D eigenvalue weighted by molar-refractivity contribution is 7.21. The van der Waals surface area contributed by atoms with Crippen LogP contribution in [0.5, 0.6) is 0 Å². The van der Waals surface area contributed by atoms with Gasteiger partial charge in [0.05, 0.1) is 22.6 Å². The molecule has 3 aliphatic rings. The smallest absolute Gasteiger partial charge is 0.263 e. The molecule has 3 atom stereocenters. The summed E-state index contributed by atoms with van der Waals surface area (Å²) in [6.07, 6.45) is 7.99. The number of nitrogens with zero attached hydrogens (tertiary/aromatic N) is 4. The average molecular weight is 473 g/mol. The lowest BCUT2D eigenvalue weighted by molar-refractivity contribution is 0.0938. The molecule has 6 rings (SSSR count). The summed E-state index contributed by atoms with van der Waals surface area (Å²) in [5.41, 5.74) is 12.3. The van der Waals surface area contributed by atoms with Crippen LogP contribution in [0.4, 0.5) is 11.4 Å². The Bertz CT molecular complexity index is 1330. The number of amides is 1. The van der Waals surface area contributed by atoms with Crippen molar-refractivity contribution in [1.82, 2.24) is 15.3 Å². The molecule has 0 spiro atoms. The topological polar surface area (TPSA) is 108 Å². The Morgan fingerprint density at radius 3 is 2.82 bits per heavy atom. The number of carbonyl (C=O) groups excluding carboxylic acids is 1. The lowest BCUT2D eigenvalue weighted by Gasteiger charge is -2.35. The first-order valence-corrected chi connectivity index (χ1v) is 12.9. The summed E-state index contributed by atoms with van der Waals surface area (Å²) < 4.78 is 0. The van der Waals surface area contributed by atoms with Gasteiger partial charge < -0.3 is 16.0 Å². The van der Waals surface area contributed by atoms with E-state index < -0.39 is 0 Å². The van der Waals surface area contributed by atoms with Crippen LogP contribution in [-0.4, -0.2) is 35.0 Å². The van der Waals surface area contributed by atoms with Gasteiger partial charge in [0.2, 0.25) is 0 Å². The summed E-state index contributed by atoms with van der Waals surface area (Å²) in [7, 11) is 0. The number of aryl methyl sites for hydroxylation is 1. The number of nitrogens with two attached hydrogens (primary N) is 1. The van der Waals surface area contributed by atoms with Gasteiger partial charge in [-0.25, -0.2) is 9.97 Å². The predicted octanol–water partition coefficient (Wildman–Crippen LogP) is 3.98. The number of anilines is 2. The maximum Gasteiger partial charge on any atom is 0.263 e. The van der Waals surface area contributed by atoms with E-state index in [4.69, 9.17) is 5.73 Å². The van der Waals surface area contributed by atoms with Gasteiger partial charge in [-0.05, 0) is 74.5 Å². The molecule has 2 unspecified atom stereocenters. The number of piperidine rings is 1. The van der Waals surface area contributed by atoms with E-state index in [9.17, 15) is 10.1 Å². The van der Waals surface area contributed by atoms with Crippen molar-refractivity contribution in [3.05, 3.63) is 45.6 Å². The van der Waals surface area contributed by atoms with Gasteiger partial charge >= 0.3 is 0 Å². The number of aromatic nitrogens is 2. The van der Waals surface area contributed by atoms with E-state index in [1.54, 1.807) is 6.20 Å². The fraction of sp³-hybridized carbons (Fsp3) is 0.462. The number of hydrogen-bond donors (Lipinski definition) is 2. The van der Waals surface area contributed by atoms with Crippen LogP contribution in [0.2, 0.25) is 0 Å². The average Bonchev–Trinajstić information content (AvgIpc) is 3.35. The highest BCUT2D eigenvalue weighted by Crippen LogP contribution is 2.40. The molecule has 2 aliphatic carbocycles. The number of nitriles is 1. The van der Waals surface area contributed by atoms with Crippen molar-refractivity contribution >= 4 is 39.0 Å². The molecule has 0 radical (unpaired) electrons. The van der Waals surface area contributed by atoms with Crippen LogP contribution in [0.1, 0.15) is 57.7 Å². The molecule has 2 bridgehead atoms. The zero-order valence-electron chi connectivity index (χ0n) is 19.3. The Morgan fingerprint density at radius 2 is 2.06 bits per heavy atom. The standard InChI is InChI=1S/C26H28N6OS/c1-14-11-29-23-22(28)24(34-26(23)30-14)25(33)31-18-5-6-19-17(9-18)4-7-21(20(19)10-27)32-12-15-2-3-16(8-15)13-32/h4,7,11,15-16,18H,2-3,5-6,8-9,12-13,28H2,1H3,(H,31,33)/t15?,16?,18-/m0/s1. The van der Waals surface area contributed by atoms with Gasteiger partial charge in [-0.15, -0.1) is 11.3 Å². The lowest BCUT2D eigenvalue weighted by Crippen LogP contribution is -2.39. The Morgan fingerprint density at radius 1 is 1.26 bits per heavy atom. The third-order valence-corrected chi connectivity index (χ3v) is 8.84. The third-order valence-electron chi connectivity index (χ3n) is 7.76. The normalized spacial score (nSPS) is 23.5. The van der Waals surface area contributed by atoms with Crippen molar-refractivity contribution in [1.29, 1.82) is 5.26 Å². The van der Waals surface area contributed by atoms with E-state index in [1.165, 1.54) is 36.2 Å². The zero-order chi connectivity index (χ0) is 23.4. The fourth-order valence-electron chi connectivity index (χ4n) is 6.15. The van der Waals surface area contributed by atoms with E-state index in [0.717, 1.165) is 66.7 Å².